The van der Waals surface area contributed by atoms with Gasteiger partial charge in [-0.3, -0.25) is 4.79 Å². The number of hydrogen-bond acceptors (Lipinski definition) is 5. The fourth-order valence-corrected chi connectivity index (χ4v) is 3.75. The molecule has 0 radical (unpaired) electrons. The molecule has 1 aliphatic carbocycles. The number of aromatic nitrogens is 2. The van der Waals surface area contributed by atoms with Crippen LogP contribution in [0.15, 0.2) is 0 Å². The first-order valence-corrected chi connectivity index (χ1v) is 7.51. The van der Waals surface area contributed by atoms with E-state index in [1.165, 1.54) is 18.0 Å². The molecule has 0 amide bonds. The Morgan fingerprint density at radius 3 is 3.06 bits per heavy atom. The first-order valence-electron chi connectivity index (χ1n) is 6.73. The van der Waals surface area contributed by atoms with Crippen LogP contribution in [0.5, 0.6) is 0 Å². The van der Waals surface area contributed by atoms with Crippen molar-refractivity contribution in [2.45, 2.75) is 51.0 Å². The van der Waals surface area contributed by atoms with Gasteiger partial charge in [0.2, 0.25) is 0 Å². The summed E-state index contributed by atoms with van der Waals surface area (Å²) in [6.45, 7) is 2.75. The van der Waals surface area contributed by atoms with Crippen LogP contribution in [-0.4, -0.2) is 27.6 Å². The zero-order chi connectivity index (χ0) is 12.6. The van der Waals surface area contributed by atoms with E-state index >= 15 is 0 Å². The predicted octanol–water partition coefficient (Wildman–Crippen LogP) is 2.63. The molecule has 1 atom stereocenters. The molecule has 3 rings (SSSR count). The van der Waals surface area contributed by atoms with Crippen LogP contribution in [-0.2, 0) is 11.2 Å². The van der Waals surface area contributed by atoms with Gasteiger partial charge in [-0.15, -0.1) is 5.10 Å². The van der Waals surface area contributed by atoms with E-state index in [0.717, 1.165) is 49.3 Å². The van der Waals surface area contributed by atoms with Crippen molar-refractivity contribution in [3.8, 4) is 0 Å². The maximum atomic E-state index is 12.5. The Morgan fingerprint density at radius 2 is 2.39 bits per heavy atom. The van der Waals surface area contributed by atoms with Crippen molar-refractivity contribution in [2.24, 2.45) is 5.92 Å². The summed E-state index contributed by atoms with van der Waals surface area (Å²) >= 11 is 1.25. The van der Waals surface area contributed by atoms with Gasteiger partial charge in [0.1, 0.15) is 4.88 Å². The van der Waals surface area contributed by atoms with Crippen LogP contribution >= 0.6 is 11.5 Å². The second kappa shape index (κ2) is 4.70. The van der Waals surface area contributed by atoms with E-state index in [2.05, 4.69) is 9.59 Å². The van der Waals surface area contributed by atoms with Crippen LogP contribution in [0.3, 0.4) is 0 Å². The number of aryl methyl sites for hydroxylation is 1. The van der Waals surface area contributed by atoms with Gasteiger partial charge in [-0.25, -0.2) is 0 Å². The van der Waals surface area contributed by atoms with Gasteiger partial charge in [0.15, 0.2) is 5.78 Å². The van der Waals surface area contributed by atoms with Crippen LogP contribution in [0.1, 0.15) is 54.4 Å². The smallest absolute Gasteiger partial charge is 0.179 e. The van der Waals surface area contributed by atoms with Crippen molar-refractivity contribution in [2.75, 3.05) is 6.61 Å². The van der Waals surface area contributed by atoms with Crippen molar-refractivity contribution < 1.29 is 9.53 Å². The third kappa shape index (κ3) is 1.99. The normalized spacial score (nSPS) is 25.9. The maximum Gasteiger partial charge on any atom is 0.179 e. The molecule has 2 heterocycles. The molecule has 1 aromatic rings. The number of ketones is 1. The van der Waals surface area contributed by atoms with Crippen LogP contribution in [0, 0.1) is 5.92 Å². The molecule has 1 saturated carbocycles. The Balaban J connectivity index is 1.76. The fraction of sp³-hybridized carbons (Fsp3) is 0.769. The van der Waals surface area contributed by atoms with Gasteiger partial charge in [-0.2, -0.15) is 0 Å². The molecule has 1 aromatic heterocycles. The van der Waals surface area contributed by atoms with Crippen LogP contribution in [0.2, 0.25) is 0 Å². The lowest BCUT2D eigenvalue weighted by molar-refractivity contribution is -0.137. The lowest BCUT2D eigenvalue weighted by atomic mass is 9.71. The monoisotopic (exact) mass is 266 g/mol. The zero-order valence-electron chi connectivity index (χ0n) is 10.6. The minimum atomic E-state index is 0.0308. The molecule has 2 aliphatic rings. The van der Waals surface area contributed by atoms with Gasteiger partial charge in [0.05, 0.1) is 11.3 Å². The number of ether oxygens (including phenoxy) is 1. The molecule has 98 valence electrons. The second-order valence-electron chi connectivity index (χ2n) is 5.34. The van der Waals surface area contributed by atoms with Crippen LogP contribution in [0.4, 0.5) is 0 Å². The third-order valence-electron chi connectivity index (χ3n) is 4.24. The lowest BCUT2D eigenvalue weighted by Gasteiger charge is -2.46. The molecule has 0 bridgehead atoms. The molecule has 1 aliphatic heterocycles. The Bertz CT molecular complexity index is 454. The molecule has 0 aromatic carbocycles. The van der Waals surface area contributed by atoms with Crippen molar-refractivity contribution in [1.29, 1.82) is 0 Å². The summed E-state index contributed by atoms with van der Waals surface area (Å²) in [6.07, 6.45) is 6.01. The summed E-state index contributed by atoms with van der Waals surface area (Å²) in [5.74, 6) is 0.364. The minimum absolute atomic E-state index is 0.0308. The summed E-state index contributed by atoms with van der Waals surface area (Å²) in [5.41, 5.74) is 0.891. The van der Waals surface area contributed by atoms with Gasteiger partial charge in [0.25, 0.3) is 0 Å². The van der Waals surface area contributed by atoms with Crippen molar-refractivity contribution in [3.05, 3.63) is 10.6 Å². The van der Waals surface area contributed by atoms with E-state index in [1.807, 2.05) is 6.92 Å². The van der Waals surface area contributed by atoms with Gasteiger partial charge in [0, 0.05) is 12.5 Å². The van der Waals surface area contributed by atoms with Gasteiger partial charge in [-0.05, 0) is 50.1 Å². The molecular weight excluding hydrogens is 248 g/mol. The van der Waals surface area contributed by atoms with E-state index in [-0.39, 0.29) is 17.3 Å². The van der Waals surface area contributed by atoms with Crippen LogP contribution < -0.4 is 0 Å². The van der Waals surface area contributed by atoms with Crippen molar-refractivity contribution in [1.82, 2.24) is 9.59 Å². The van der Waals surface area contributed by atoms with Crippen molar-refractivity contribution in [3.63, 3.8) is 0 Å². The average molecular weight is 266 g/mol. The Kier molecular flexibility index (Phi) is 3.20. The SMILES string of the molecule is CCc1nnsc1C(=O)C1CCOC2(CCC2)C1. The molecule has 2 fully saturated rings. The summed E-state index contributed by atoms with van der Waals surface area (Å²) in [6, 6.07) is 0. The van der Waals surface area contributed by atoms with E-state index in [4.69, 9.17) is 4.74 Å². The summed E-state index contributed by atoms with van der Waals surface area (Å²) in [4.78, 5) is 13.3. The molecule has 1 spiro atoms. The molecule has 1 saturated heterocycles. The number of nitrogens with zero attached hydrogens (tertiary/aromatic N) is 2. The van der Waals surface area contributed by atoms with E-state index < -0.39 is 0 Å². The van der Waals surface area contributed by atoms with Gasteiger partial charge >= 0.3 is 0 Å². The molecule has 0 N–H and O–H groups in total. The lowest BCUT2D eigenvalue weighted by Crippen LogP contribution is -2.47. The Morgan fingerprint density at radius 1 is 1.56 bits per heavy atom. The standard InChI is InChI=1S/C13H18N2O2S/c1-2-10-12(18-15-14-10)11(16)9-4-7-17-13(8-9)5-3-6-13/h9H,2-8H2,1H3. The largest absolute Gasteiger partial charge is 0.375 e. The maximum absolute atomic E-state index is 12.5. The highest BCUT2D eigenvalue weighted by Gasteiger charge is 2.44. The number of hydrogen-bond donors (Lipinski definition) is 0. The quantitative estimate of drug-likeness (QED) is 0.789. The van der Waals surface area contributed by atoms with Crippen molar-refractivity contribution >= 4 is 17.3 Å². The first kappa shape index (κ1) is 12.2. The molecule has 1 unspecified atom stereocenters. The number of Topliss-reactive ketones (excluding diaryl/α,β-unsaturated/α-hetero) is 1. The van der Waals surface area contributed by atoms with E-state index in [0.29, 0.717) is 0 Å². The predicted molar refractivity (Wildman–Crippen MR) is 68.9 cm³/mol. The molecule has 18 heavy (non-hydrogen) atoms. The van der Waals surface area contributed by atoms with E-state index in [9.17, 15) is 4.79 Å². The second-order valence-corrected chi connectivity index (χ2v) is 6.10. The Hall–Kier alpha value is -0.810. The topological polar surface area (TPSA) is 52.1 Å². The summed E-state index contributed by atoms with van der Waals surface area (Å²) < 4.78 is 9.79. The van der Waals surface area contributed by atoms with Crippen LogP contribution in [0.25, 0.3) is 0 Å². The van der Waals surface area contributed by atoms with E-state index in [1.54, 1.807) is 0 Å². The highest BCUT2D eigenvalue weighted by Crippen LogP contribution is 2.45. The summed E-state index contributed by atoms with van der Waals surface area (Å²) in [7, 11) is 0. The number of carbonyl (C=O) groups is 1. The number of carbonyl (C=O) groups excluding carboxylic acids is 1. The Labute approximate surface area is 111 Å². The zero-order valence-corrected chi connectivity index (χ0v) is 11.5. The highest BCUT2D eigenvalue weighted by atomic mass is 32.1. The third-order valence-corrected chi connectivity index (χ3v) is 5.03. The van der Waals surface area contributed by atoms with Gasteiger partial charge < -0.3 is 4.74 Å². The highest BCUT2D eigenvalue weighted by molar-refractivity contribution is 7.08. The molecule has 4 nitrogen and oxygen atoms in total. The average Bonchev–Trinajstić information content (AvgIpc) is 2.84. The first-order chi connectivity index (χ1) is 8.74. The molecule has 5 heteroatoms. The molecular formula is C13H18N2O2S. The van der Waals surface area contributed by atoms with Gasteiger partial charge in [-0.1, -0.05) is 11.4 Å². The summed E-state index contributed by atoms with van der Waals surface area (Å²) in [5, 5.41) is 4.04. The number of rotatable bonds is 3. The fourth-order valence-electron chi connectivity index (χ4n) is 2.98. The minimum Gasteiger partial charge on any atom is -0.375 e.